The van der Waals surface area contributed by atoms with Crippen molar-refractivity contribution in [3.05, 3.63) is 59.7 Å². The molecule has 2 aromatic rings. The van der Waals surface area contributed by atoms with E-state index in [1.54, 1.807) is 7.11 Å². The number of carbonyl (C=O) groups is 1. The fraction of sp³-hybridized carbons (Fsp3) is 0.435. The van der Waals surface area contributed by atoms with Crippen molar-refractivity contribution >= 4 is 5.91 Å². The Morgan fingerprint density at radius 3 is 2.48 bits per heavy atom. The van der Waals surface area contributed by atoms with Gasteiger partial charge < -0.3 is 14.8 Å². The number of carbonyl (C=O) groups excluding carboxylic acids is 1. The lowest BCUT2D eigenvalue weighted by atomic mass is 9.98. The number of para-hydroxylation sites is 1. The zero-order valence-electron chi connectivity index (χ0n) is 16.4. The van der Waals surface area contributed by atoms with Crippen LogP contribution in [0.2, 0.25) is 0 Å². The van der Waals surface area contributed by atoms with Crippen molar-refractivity contribution < 1.29 is 14.3 Å². The number of methoxy groups -OCH3 is 1. The summed E-state index contributed by atoms with van der Waals surface area (Å²) in [4.78, 5) is 12.5. The topological polar surface area (TPSA) is 47.6 Å². The van der Waals surface area contributed by atoms with Gasteiger partial charge in [-0.15, -0.1) is 0 Å². The summed E-state index contributed by atoms with van der Waals surface area (Å²) in [5.41, 5.74) is 2.27. The average Bonchev–Trinajstić information content (AvgIpc) is 3.55. The second-order valence-corrected chi connectivity index (χ2v) is 7.29. The summed E-state index contributed by atoms with van der Waals surface area (Å²) in [5.74, 6) is 2.46. The first-order valence-electron chi connectivity index (χ1n) is 9.77. The molecule has 0 bridgehead atoms. The monoisotopic (exact) mass is 367 g/mol. The summed E-state index contributed by atoms with van der Waals surface area (Å²) >= 11 is 0. The molecule has 0 aliphatic heterocycles. The molecule has 0 radical (unpaired) electrons. The van der Waals surface area contributed by atoms with Gasteiger partial charge in [0.1, 0.15) is 11.5 Å². The minimum atomic E-state index is -0.0818. The molecule has 1 amide bonds. The third-order valence-electron chi connectivity index (χ3n) is 5.31. The Hall–Kier alpha value is -2.49. The van der Waals surface area contributed by atoms with E-state index in [0.717, 1.165) is 41.9 Å². The van der Waals surface area contributed by atoms with Crippen molar-refractivity contribution in [3.8, 4) is 11.5 Å². The number of hydrogen-bond donors (Lipinski definition) is 1. The Morgan fingerprint density at radius 1 is 1.15 bits per heavy atom. The average molecular weight is 367 g/mol. The molecular formula is C23H29NO3. The molecule has 0 saturated heterocycles. The second-order valence-electron chi connectivity index (χ2n) is 7.29. The number of rotatable bonds is 9. The van der Waals surface area contributed by atoms with Crippen molar-refractivity contribution in [2.45, 2.75) is 45.1 Å². The molecule has 1 aliphatic rings. The second kappa shape index (κ2) is 8.94. The molecule has 2 unspecified atom stereocenters. The van der Waals surface area contributed by atoms with Crippen LogP contribution in [0.5, 0.6) is 11.5 Å². The highest BCUT2D eigenvalue weighted by Gasteiger charge is 2.33. The number of amides is 1. The van der Waals surface area contributed by atoms with E-state index in [1.165, 1.54) is 0 Å². The molecule has 27 heavy (non-hydrogen) atoms. The van der Waals surface area contributed by atoms with Gasteiger partial charge in [0.2, 0.25) is 0 Å². The van der Waals surface area contributed by atoms with Crippen molar-refractivity contribution in [1.82, 2.24) is 5.32 Å². The predicted molar refractivity (Wildman–Crippen MR) is 107 cm³/mol. The Morgan fingerprint density at radius 2 is 1.85 bits per heavy atom. The molecular weight excluding hydrogens is 338 g/mol. The molecule has 4 nitrogen and oxygen atoms in total. The van der Waals surface area contributed by atoms with Crippen LogP contribution in [0.1, 0.15) is 56.2 Å². The molecule has 2 atom stereocenters. The van der Waals surface area contributed by atoms with Gasteiger partial charge in [0.05, 0.1) is 13.2 Å². The maximum atomic E-state index is 12.5. The van der Waals surface area contributed by atoms with E-state index in [4.69, 9.17) is 9.47 Å². The third kappa shape index (κ3) is 5.03. The van der Waals surface area contributed by atoms with E-state index in [-0.39, 0.29) is 18.6 Å². The molecule has 2 aromatic carbocycles. The Kier molecular flexibility index (Phi) is 6.38. The van der Waals surface area contributed by atoms with Crippen LogP contribution in [-0.4, -0.2) is 19.6 Å². The van der Waals surface area contributed by atoms with Crippen LogP contribution in [0.3, 0.4) is 0 Å². The smallest absolute Gasteiger partial charge is 0.258 e. The highest BCUT2D eigenvalue weighted by molar-refractivity contribution is 5.78. The molecule has 3 rings (SSSR count). The molecule has 1 fully saturated rings. The lowest BCUT2D eigenvalue weighted by Crippen LogP contribution is -2.33. The van der Waals surface area contributed by atoms with Gasteiger partial charge in [-0.1, -0.05) is 44.2 Å². The maximum absolute atomic E-state index is 12.5. The summed E-state index contributed by atoms with van der Waals surface area (Å²) in [5, 5.41) is 3.16. The van der Waals surface area contributed by atoms with Gasteiger partial charge >= 0.3 is 0 Å². The molecule has 1 aliphatic carbocycles. The van der Waals surface area contributed by atoms with Crippen LogP contribution in [0, 0.1) is 5.92 Å². The summed E-state index contributed by atoms with van der Waals surface area (Å²) < 4.78 is 11.1. The molecule has 1 saturated carbocycles. The van der Waals surface area contributed by atoms with Gasteiger partial charge in [-0.3, -0.25) is 4.79 Å². The summed E-state index contributed by atoms with van der Waals surface area (Å²) in [6.45, 7) is 4.37. The third-order valence-corrected chi connectivity index (χ3v) is 5.31. The van der Waals surface area contributed by atoms with Gasteiger partial charge in [0, 0.05) is 0 Å². The van der Waals surface area contributed by atoms with E-state index in [9.17, 15) is 4.79 Å². The Bertz CT molecular complexity index is 752. The van der Waals surface area contributed by atoms with Gasteiger partial charge in [0.25, 0.3) is 5.91 Å². The fourth-order valence-corrected chi connectivity index (χ4v) is 3.31. The van der Waals surface area contributed by atoms with E-state index >= 15 is 0 Å². The van der Waals surface area contributed by atoms with Crippen LogP contribution in [0.15, 0.2) is 48.5 Å². The van der Waals surface area contributed by atoms with Crippen molar-refractivity contribution in [1.29, 1.82) is 0 Å². The van der Waals surface area contributed by atoms with Gasteiger partial charge in [-0.2, -0.15) is 0 Å². The van der Waals surface area contributed by atoms with Gasteiger partial charge in [0.15, 0.2) is 6.61 Å². The van der Waals surface area contributed by atoms with E-state index in [1.807, 2.05) is 42.5 Å². The zero-order chi connectivity index (χ0) is 19.2. The number of nitrogens with one attached hydrogen (secondary N) is 1. The van der Waals surface area contributed by atoms with Crippen molar-refractivity contribution in [2.75, 3.05) is 13.7 Å². The summed E-state index contributed by atoms with van der Waals surface area (Å²) in [6, 6.07) is 16.0. The van der Waals surface area contributed by atoms with Crippen LogP contribution in [0.25, 0.3) is 0 Å². The number of ether oxygens (including phenoxy) is 2. The van der Waals surface area contributed by atoms with Crippen LogP contribution in [-0.2, 0) is 4.79 Å². The standard InChI is InChI=1S/C23H29NO3/c1-4-16(2)20-7-5-6-8-21(20)27-15-22(25)24-23(17-9-10-17)18-11-13-19(26-3)14-12-18/h5-8,11-14,16-17,23H,4,9-10,15H2,1-3H3,(H,24,25). The first-order chi connectivity index (χ1) is 13.1. The first-order valence-corrected chi connectivity index (χ1v) is 9.77. The molecule has 0 heterocycles. The molecule has 0 spiro atoms. The molecule has 0 aromatic heterocycles. The van der Waals surface area contributed by atoms with Crippen LogP contribution in [0.4, 0.5) is 0 Å². The van der Waals surface area contributed by atoms with Crippen LogP contribution < -0.4 is 14.8 Å². The summed E-state index contributed by atoms with van der Waals surface area (Å²) in [6.07, 6.45) is 3.33. The van der Waals surface area contributed by atoms with Gasteiger partial charge in [-0.25, -0.2) is 0 Å². The quantitative estimate of drug-likeness (QED) is 0.689. The molecule has 1 N–H and O–H groups in total. The van der Waals surface area contributed by atoms with Crippen LogP contribution >= 0.6 is 0 Å². The SMILES string of the molecule is CCC(C)c1ccccc1OCC(=O)NC(c1ccc(OC)cc1)C1CC1. The summed E-state index contributed by atoms with van der Waals surface area (Å²) in [7, 11) is 1.66. The zero-order valence-corrected chi connectivity index (χ0v) is 16.4. The fourth-order valence-electron chi connectivity index (χ4n) is 3.31. The Labute approximate surface area is 161 Å². The normalized spacial score (nSPS) is 15.7. The largest absolute Gasteiger partial charge is 0.497 e. The lowest BCUT2D eigenvalue weighted by Gasteiger charge is -2.20. The van der Waals surface area contributed by atoms with E-state index < -0.39 is 0 Å². The highest BCUT2D eigenvalue weighted by Crippen LogP contribution is 2.41. The minimum absolute atomic E-state index is 0.0345. The van der Waals surface area contributed by atoms with E-state index in [0.29, 0.717) is 11.8 Å². The Balaban J connectivity index is 1.62. The maximum Gasteiger partial charge on any atom is 0.258 e. The minimum Gasteiger partial charge on any atom is -0.497 e. The van der Waals surface area contributed by atoms with Gasteiger partial charge in [-0.05, 0) is 60.4 Å². The van der Waals surface area contributed by atoms with Crippen molar-refractivity contribution in [3.63, 3.8) is 0 Å². The first kappa shape index (κ1) is 19.3. The predicted octanol–water partition coefficient (Wildman–Crippen LogP) is 4.86. The van der Waals surface area contributed by atoms with E-state index in [2.05, 4.69) is 25.2 Å². The molecule has 4 heteroatoms. The lowest BCUT2D eigenvalue weighted by molar-refractivity contribution is -0.124. The highest BCUT2D eigenvalue weighted by atomic mass is 16.5. The number of hydrogen-bond acceptors (Lipinski definition) is 3. The van der Waals surface area contributed by atoms with Crippen molar-refractivity contribution in [2.24, 2.45) is 5.92 Å². The molecule has 144 valence electrons. The number of benzene rings is 2.